The van der Waals surface area contributed by atoms with Crippen molar-refractivity contribution in [1.82, 2.24) is 19.9 Å². The number of carbonyl (C=O) groups excluding carboxylic acids is 2. The Morgan fingerprint density at radius 2 is 0.653 bits per heavy atom. The van der Waals surface area contributed by atoms with E-state index in [-0.39, 0.29) is 84.9 Å². The van der Waals surface area contributed by atoms with Gasteiger partial charge in [-0.3, -0.25) is 9.59 Å². The standard InChI is InChI=1S/2C16H14N3O.2C5H5.4CO.2BF4.2Fe.2Ru/c2*1-10-9-11(2)17-15-13(10)7-8-14(18-15)19-16(20)12-5-3-4-6-12;2*1-2-4-5-3-1;4*1-2;2*2-1(3,4)5;;;;/h2*3-9H,1-2H3,(H,17,18,19,20);2*1-5H;;;;;;;;;;/q;;;;;;;;2*-1;2*+2;2*+1. The second-order valence-corrected chi connectivity index (χ2v) is 12.5. The van der Waals surface area contributed by atoms with Crippen LogP contribution in [-0.2, 0) is 101 Å². The number of nitrogens with one attached hydrogen (secondary N) is 2. The molecule has 4 aliphatic carbocycles. The average molecular weight is 1260 g/mol. The van der Waals surface area contributed by atoms with E-state index in [9.17, 15) is 44.1 Å². The zero-order chi connectivity index (χ0) is 52.3. The third-order valence-electron chi connectivity index (χ3n) is 7.46. The normalized spacial score (nSPS) is 13.8. The molecular weight excluding hydrogens is 1220 g/mol. The number of anilines is 2. The number of halogens is 8. The van der Waals surface area contributed by atoms with E-state index in [1.807, 2.05) is 142 Å². The maximum absolute atomic E-state index is 12.0. The summed E-state index contributed by atoms with van der Waals surface area (Å²) in [6.07, 6.45) is 34.4. The first kappa shape index (κ1) is 80.3. The molecule has 0 aliphatic heterocycles. The maximum Gasteiger partial charge on any atom is 2.00 e. The number of rotatable bonds is 4. The van der Waals surface area contributed by atoms with E-state index in [2.05, 4.69) is 57.2 Å². The zero-order valence-corrected chi connectivity index (χ0v) is 43.4. The first-order valence-corrected chi connectivity index (χ1v) is 18.7. The van der Waals surface area contributed by atoms with Gasteiger partial charge in [-0.25, -0.2) is 19.9 Å². The number of carbonyl (C=O) groups is 2. The number of hydrogen-bond acceptors (Lipinski definition) is 6. The monoisotopic (exact) mass is 1260 g/mol. The quantitative estimate of drug-likeness (QED) is 0.0885. The van der Waals surface area contributed by atoms with Gasteiger partial charge in [-0.1, -0.05) is 0 Å². The molecule has 4 saturated carbocycles. The van der Waals surface area contributed by atoms with Gasteiger partial charge in [0.25, 0.3) is 0 Å². The van der Waals surface area contributed by atoms with E-state index < -0.39 is 14.5 Å². The van der Waals surface area contributed by atoms with Crippen LogP contribution >= 0.6 is 0 Å². The Labute approximate surface area is 464 Å². The van der Waals surface area contributed by atoms with E-state index in [0.717, 1.165) is 33.3 Å². The van der Waals surface area contributed by atoms with Crippen molar-refractivity contribution in [1.29, 1.82) is 0 Å². The molecule has 378 valence electrons. The molecule has 4 fully saturated rings. The van der Waals surface area contributed by atoms with Gasteiger partial charge in [0.15, 0.2) is 11.3 Å². The molecule has 0 saturated heterocycles. The molecule has 4 aliphatic rings. The van der Waals surface area contributed by atoms with Crippen molar-refractivity contribution in [2.24, 2.45) is 0 Å². The predicted octanol–water partition coefficient (Wildman–Crippen LogP) is 9.66. The van der Waals surface area contributed by atoms with E-state index in [1.54, 1.807) is 37.8 Å². The summed E-state index contributed by atoms with van der Waals surface area (Å²) in [5.74, 6) is 1.96. The molecular formula is C46H38B2F8Fe2N6O6Ru2+4. The first-order chi connectivity index (χ1) is 32.3. The number of nitrogens with zero attached hydrogens (tertiary/aromatic N) is 4. The van der Waals surface area contributed by atoms with Gasteiger partial charge >= 0.3 is 133 Å². The first-order valence-electron chi connectivity index (χ1n) is 18.7. The van der Waals surface area contributed by atoms with Crippen LogP contribution in [0, 0.1) is 182 Å². The van der Waals surface area contributed by atoms with Crippen LogP contribution in [0.2, 0.25) is 0 Å². The van der Waals surface area contributed by atoms with Gasteiger partial charge in [0.05, 0.1) is 11.8 Å². The van der Waals surface area contributed by atoms with Crippen LogP contribution in [-0.4, -0.2) is 46.3 Å². The smallest absolute Gasteiger partial charge is 0.0312 e. The maximum atomic E-state index is 12.0. The molecule has 22 radical (unpaired) electrons. The Balaban J connectivity index is -0.000000193. The van der Waals surface area contributed by atoms with Crippen molar-refractivity contribution in [2.45, 2.75) is 27.7 Å². The van der Waals surface area contributed by atoms with Gasteiger partial charge in [0, 0.05) is 22.2 Å². The minimum atomic E-state index is -6.00. The van der Waals surface area contributed by atoms with Crippen molar-refractivity contribution in [3.8, 4) is 0 Å². The number of pyridine rings is 4. The molecule has 0 aromatic carbocycles. The molecule has 8 rings (SSSR count). The summed E-state index contributed by atoms with van der Waals surface area (Å²) in [5, 5.41) is 7.57. The van der Waals surface area contributed by atoms with Crippen LogP contribution in [0.25, 0.3) is 22.1 Å². The third kappa shape index (κ3) is 38.5. The van der Waals surface area contributed by atoms with Crippen molar-refractivity contribution in [3.63, 3.8) is 0 Å². The largest absolute Gasteiger partial charge is 2.00 e. The topological polar surface area (TPSA) is 189 Å². The summed E-state index contributed by atoms with van der Waals surface area (Å²) < 4.78 is 108. The van der Waals surface area contributed by atoms with Gasteiger partial charge in [-0.05, 0) is 191 Å². The fourth-order valence-electron chi connectivity index (χ4n) is 5.07. The zero-order valence-electron chi connectivity index (χ0n) is 37.7. The minimum absolute atomic E-state index is 0. The van der Waals surface area contributed by atoms with Gasteiger partial charge in [-0.2, -0.15) is 0 Å². The summed E-state index contributed by atoms with van der Waals surface area (Å²) in [6, 6.07) is 11.5. The third-order valence-corrected chi connectivity index (χ3v) is 7.46. The SMILES string of the molecule is Cc1cc(C)c2ccc(NC(=O)[C]3[CH][CH][CH][CH]3)nc2n1.Cc1cc(C)c2ccc(NC(=O)[C]3[CH][CH][CH][CH]3)nc2n1.F[B-](F)(F)F.F[B-](F)(F)F.[C-]#[O+].[C-]#[O+].[C-]#[O+].[C-]#[O+].[CH]1[CH][CH][CH][CH]1.[CH]1[CH][CH][CH][CH]1.[Fe+2].[Fe+2].[Ru+].[Ru+]. The summed E-state index contributed by atoms with van der Waals surface area (Å²) in [4.78, 5) is 41.6. The Hall–Kier alpha value is -3.12. The fraction of sp³-hybridized carbons (Fsp3) is 0.0870. The number of hydrogen-bond donors (Lipinski definition) is 2. The van der Waals surface area contributed by atoms with Crippen LogP contribution in [0.3, 0.4) is 0 Å². The van der Waals surface area contributed by atoms with Gasteiger partial charge in [0.2, 0.25) is 11.8 Å². The molecule has 2 amide bonds. The van der Waals surface area contributed by atoms with Crippen molar-refractivity contribution < 1.29 is 136 Å². The molecule has 72 heavy (non-hydrogen) atoms. The summed E-state index contributed by atoms with van der Waals surface area (Å²) in [7, 11) is -12.0. The number of aryl methyl sites for hydroxylation is 4. The Kier molecular flexibility index (Phi) is 51.7. The van der Waals surface area contributed by atoms with E-state index in [4.69, 9.17) is 18.6 Å². The molecule has 4 heterocycles. The van der Waals surface area contributed by atoms with E-state index >= 15 is 0 Å². The van der Waals surface area contributed by atoms with Crippen LogP contribution in [0.1, 0.15) is 22.5 Å². The van der Waals surface area contributed by atoms with Crippen LogP contribution in [0.5, 0.6) is 0 Å². The fourth-order valence-corrected chi connectivity index (χ4v) is 5.07. The molecule has 0 atom stereocenters. The van der Waals surface area contributed by atoms with Crippen LogP contribution in [0.4, 0.5) is 46.2 Å². The number of amides is 2. The molecule has 26 heteroatoms. The second kappa shape index (κ2) is 46.4. The predicted molar refractivity (Wildman–Crippen MR) is 235 cm³/mol. The van der Waals surface area contributed by atoms with Crippen molar-refractivity contribution in [2.75, 3.05) is 10.6 Å². The van der Waals surface area contributed by atoms with Gasteiger partial charge in [0.1, 0.15) is 11.6 Å². The molecule has 2 N–H and O–H groups in total. The Morgan fingerprint density at radius 1 is 0.431 bits per heavy atom. The molecule has 0 unspecified atom stereocenters. The summed E-state index contributed by atoms with van der Waals surface area (Å²) in [5.41, 5.74) is 5.41. The molecule has 12 nitrogen and oxygen atoms in total. The average Bonchev–Trinajstić information content (AvgIpc) is 4.15. The van der Waals surface area contributed by atoms with Crippen molar-refractivity contribution in [3.05, 3.63) is 213 Å². The molecule has 0 bridgehead atoms. The molecule has 4 aromatic heterocycles. The Bertz CT molecular complexity index is 1990. The second-order valence-electron chi connectivity index (χ2n) is 12.5. The van der Waals surface area contributed by atoms with E-state index in [1.165, 1.54) is 0 Å². The van der Waals surface area contributed by atoms with Gasteiger partial charge < -0.3 is 45.2 Å². The molecule has 0 spiro atoms. The van der Waals surface area contributed by atoms with Gasteiger partial charge in [-0.15, -0.1) is 0 Å². The molecule has 4 aromatic rings. The summed E-state index contributed by atoms with van der Waals surface area (Å²) >= 11 is 0. The Morgan fingerprint density at radius 3 is 0.875 bits per heavy atom. The van der Waals surface area contributed by atoms with E-state index in [0.29, 0.717) is 34.8 Å². The summed E-state index contributed by atoms with van der Waals surface area (Å²) in [6.45, 7) is 25.9. The number of fused-ring (bicyclic) bond motifs is 2. The van der Waals surface area contributed by atoms with Crippen LogP contribution in [0.15, 0.2) is 36.4 Å². The van der Waals surface area contributed by atoms with Crippen molar-refractivity contribution >= 4 is 60.0 Å². The minimum Gasteiger partial charge on any atom is -0.0312 e. The number of aromatic nitrogens is 4. The van der Waals surface area contributed by atoms with Crippen LogP contribution < -0.4 is 10.6 Å².